The smallest absolute Gasteiger partial charge is 0.0138 e. The summed E-state index contributed by atoms with van der Waals surface area (Å²) in [7, 11) is 0. The van der Waals surface area contributed by atoms with Gasteiger partial charge in [0, 0.05) is 30.0 Å². The summed E-state index contributed by atoms with van der Waals surface area (Å²) in [5, 5.41) is 0. The fraction of sp³-hybridized carbons (Fsp3) is 1.00. The van der Waals surface area contributed by atoms with E-state index < -0.39 is 0 Å². The van der Waals surface area contributed by atoms with E-state index in [9.17, 15) is 0 Å². The lowest BCUT2D eigenvalue weighted by Gasteiger charge is -2.55. The molecule has 2 heteroatoms. The molecule has 0 radical (unpaired) electrons. The van der Waals surface area contributed by atoms with Gasteiger partial charge < -0.3 is 4.90 Å². The third-order valence-electron chi connectivity index (χ3n) is 2.96. The maximum absolute atomic E-state index is 2.62. The molecule has 2 aliphatic rings. The number of hydrogen-bond acceptors (Lipinski definition) is 2. The topological polar surface area (TPSA) is 3.24 Å². The Labute approximate surface area is 79.9 Å². The van der Waals surface area contributed by atoms with Crippen molar-refractivity contribution in [2.75, 3.05) is 31.1 Å². The highest BCUT2D eigenvalue weighted by atomic mass is 32.2. The van der Waals surface area contributed by atoms with Crippen molar-refractivity contribution in [2.24, 2.45) is 11.3 Å². The molecule has 2 aliphatic heterocycles. The van der Waals surface area contributed by atoms with E-state index in [1.54, 1.807) is 0 Å². The van der Waals surface area contributed by atoms with Gasteiger partial charge in [0.2, 0.25) is 0 Å². The van der Waals surface area contributed by atoms with Crippen molar-refractivity contribution in [3.8, 4) is 0 Å². The Balaban J connectivity index is 1.62. The first-order valence-electron chi connectivity index (χ1n) is 5.00. The van der Waals surface area contributed by atoms with Crippen LogP contribution in [0.5, 0.6) is 0 Å². The number of likely N-dealkylation sites (tertiary alicyclic amines) is 1. The van der Waals surface area contributed by atoms with Crippen LogP contribution in [-0.4, -0.2) is 36.0 Å². The Morgan fingerprint density at radius 1 is 1.33 bits per heavy atom. The van der Waals surface area contributed by atoms with Crippen molar-refractivity contribution in [1.82, 2.24) is 4.90 Å². The van der Waals surface area contributed by atoms with E-state index in [0.29, 0.717) is 0 Å². The first-order valence-corrected chi connectivity index (χ1v) is 6.16. The summed E-state index contributed by atoms with van der Waals surface area (Å²) in [6.07, 6.45) is 1.38. The molecule has 2 fully saturated rings. The van der Waals surface area contributed by atoms with E-state index in [0.717, 1.165) is 11.3 Å². The van der Waals surface area contributed by atoms with Crippen LogP contribution in [0.4, 0.5) is 0 Å². The van der Waals surface area contributed by atoms with E-state index >= 15 is 0 Å². The zero-order valence-corrected chi connectivity index (χ0v) is 8.99. The highest BCUT2D eigenvalue weighted by molar-refractivity contribution is 8.00. The van der Waals surface area contributed by atoms with E-state index in [1.807, 2.05) is 0 Å². The molecule has 0 saturated carbocycles. The van der Waals surface area contributed by atoms with Gasteiger partial charge in [-0.1, -0.05) is 13.8 Å². The average Bonchev–Trinajstić information content (AvgIpc) is 1.79. The molecule has 2 saturated heterocycles. The van der Waals surface area contributed by atoms with Crippen LogP contribution in [0.25, 0.3) is 0 Å². The molecule has 1 spiro atoms. The van der Waals surface area contributed by atoms with Crippen molar-refractivity contribution >= 4 is 11.8 Å². The number of hydrogen-bond donors (Lipinski definition) is 0. The molecule has 0 bridgehead atoms. The Morgan fingerprint density at radius 3 is 2.42 bits per heavy atom. The van der Waals surface area contributed by atoms with Gasteiger partial charge in [-0.3, -0.25) is 0 Å². The molecule has 0 aromatic carbocycles. The molecular formula is C10H19NS. The molecular weight excluding hydrogens is 166 g/mol. The predicted molar refractivity (Wildman–Crippen MR) is 55.7 cm³/mol. The van der Waals surface area contributed by atoms with Crippen molar-refractivity contribution in [2.45, 2.75) is 20.3 Å². The van der Waals surface area contributed by atoms with E-state index in [2.05, 4.69) is 30.5 Å². The van der Waals surface area contributed by atoms with Gasteiger partial charge in [-0.2, -0.15) is 11.8 Å². The molecule has 0 aromatic heterocycles. The van der Waals surface area contributed by atoms with Gasteiger partial charge in [-0.15, -0.1) is 0 Å². The minimum Gasteiger partial charge on any atom is -0.302 e. The third-order valence-corrected chi connectivity index (χ3v) is 4.59. The lowest BCUT2D eigenvalue weighted by atomic mass is 9.82. The maximum Gasteiger partial charge on any atom is 0.0138 e. The minimum atomic E-state index is 0.793. The molecule has 0 aromatic rings. The normalized spacial score (nSPS) is 27.2. The zero-order chi connectivity index (χ0) is 8.60. The summed E-state index contributed by atoms with van der Waals surface area (Å²) in [5.74, 6) is 3.74. The molecule has 2 heterocycles. The second-order valence-electron chi connectivity index (χ2n) is 4.89. The summed E-state index contributed by atoms with van der Waals surface area (Å²) in [6.45, 7) is 8.76. The van der Waals surface area contributed by atoms with Crippen LogP contribution in [0.3, 0.4) is 0 Å². The van der Waals surface area contributed by atoms with E-state index in [1.165, 1.54) is 37.6 Å². The highest BCUT2D eigenvalue weighted by Crippen LogP contribution is 2.45. The summed E-state index contributed by atoms with van der Waals surface area (Å²) in [4.78, 5) is 2.62. The SMILES string of the molecule is CC(C)CCN1CC2(CSC2)C1. The Kier molecular flexibility index (Phi) is 2.39. The van der Waals surface area contributed by atoms with Crippen LogP contribution in [0.2, 0.25) is 0 Å². The van der Waals surface area contributed by atoms with Crippen LogP contribution in [0.15, 0.2) is 0 Å². The van der Waals surface area contributed by atoms with Gasteiger partial charge in [-0.25, -0.2) is 0 Å². The zero-order valence-electron chi connectivity index (χ0n) is 8.18. The van der Waals surface area contributed by atoms with Crippen LogP contribution in [-0.2, 0) is 0 Å². The number of thioether (sulfide) groups is 1. The van der Waals surface area contributed by atoms with Crippen LogP contribution >= 0.6 is 11.8 Å². The molecule has 0 unspecified atom stereocenters. The Hall–Kier alpha value is 0.310. The predicted octanol–water partition coefficient (Wildman–Crippen LogP) is 2.08. The molecule has 0 N–H and O–H groups in total. The van der Waals surface area contributed by atoms with Gasteiger partial charge in [0.1, 0.15) is 0 Å². The number of nitrogens with zero attached hydrogens (tertiary/aromatic N) is 1. The van der Waals surface area contributed by atoms with E-state index in [-0.39, 0.29) is 0 Å². The lowest BCUT2D eigenvalue weighted by Crippen LogP contribution is -2.62. The molecule has 12 heavy (non-hydrogen) atoms. The first-order chi connectivity index (χ1) is 5.70. The lowest BCUT2D eigenvalue weighted by molar-refractivity contribution is 0.0268. The fourth-order valence-corrected chi connectivity index (χ4v) is 3.22. The summed E-state index contributed by atoms with van der Waals surface area (Å²) in [5.41, 5.74) is 0.793. The summed E-state index contributed by atoms with van der Waals surface area (Å²) < 4.78 is 0. The standard InChI is InChI=1S/C10H19NS/c1-9(2)3-4-11-5-10(6-11)7-12-8-10/h9H,3-8H2,1-2H3. The Morgan fingerprint density at radius 2 is 2.00 bits per heavy atom. The van der Waals surface area contributed by atoms with Crippen LogP contribution in [0, 0.1) is 11.3 Å². The Bertz CT molecular complexity index is 155. The minimum absolute atomic E-state index is 0.793. The van der Waals surface area contributed by atoms with Gasteiger partial charge in [0.15, 0.2) is 0 Å². The largest absolute Gasteiger partial charge is 0.302 e. The molecule has 70 valence electrons. The quantitative estimate of drug-likeness (QED) is 0.662. The van der Waals surface area contributed by atoms with Crippen LogP contribution < -0.4 is 0 Å². The molecule has 2 rings (SSSR count). The van der Waals surface area contributed by atoms with Gasteiger partial charge in [0.25, 0.3) is 0 Å². The fourth-order valence-electron chi connectivity index (χ4n) is 2.07. The number of rotatable bonds is 3. The third kappa shape index (κ3) is 1.64. The highest BCUT2D eigenvalue weighted by Gasteiger charge is 2.47. The van der Waals surface area contributed by atoms with Gasteiger partial charge in [0.05, 0.1) is 0 Å². The second kappa shape index (κ2) is 3.22. The van der Waals surface area contributed by atoms with Gasteiger partial charge in [-0.05, 0) is 18.9 Å². The monoisotopic (exact) mass is 185 g/mol. The van der Waals surface area contributed by atoms with Crippen molar-refractivity contribution in [3.05, 3.63) is 0 Å². The second-order valence-corrected chi connectivity index (χ2v) is 5.87. The van der Waals surface area contributed by atoms with E-state index in [4.69, 9.17) is 0 Å². The summed E-state index contributed by atoms with van der Waals surface area (Å²) in [6, 6.07) is 0. The molecule has 0 aliphatic carbocycles. The average molecular weight is 185 g/mol. The molecule has 0 amide bonds. The summed E-state index contributed by atoms with van der Waals surface area (Å²) >= 11 is 2.12. The van der Waals surface area contributed by atoms with Gasteiger partial charge >= 0.3 is 0 Å². The maximum atomic E-state index is 2.62. The van der Waals surface area contributed by atoms with Crippen LogP contribution in [0.1, 0.15) is 20.3 Å². The first kappa shape index (κ1) is 8.89. The van der Waals surface area contributed by atoms with Crippen molar-refractivity contribution in [3.63, 3.8) is 0 Å². The van der Waals surface area contributed by atoms with Crippen molar-refractivity contribution in [1.29, 1.82) is 0 Å². The molecule has 1 nitrogen and oxygen atoms in total. The van der Waals surface area contributed by atoms with Crippen molar-refractivity contribution < 1.29 is 0 Å². The molecule has 0 atom stereocenters.